The van der Waals surface area contributed by atoms with Crippen LogP contribution in [0.2, 0.25) is 0 Å². The number of pyridine rings is 1. The summed E-state index contributed by atoms with van der Waals surface area (Å²) >= 11 is 0. The summed E-state index contributed by atoms with van der Waals surface area (Å²) in [7, 11) is 1.61. The van der Waals surface area contributed by atoms with Crippen molar-refractivity contribution in [3.05, 3.63) is 53.5 Å². The van der Waals surface area contributed by atoms with E-state index in [1.165, 1.54) is 23.0 Å². The van der Waals surface area contributed by atoms with E-state index in [9.17, 15) is 14.0 Å². The molecule has 6 rings (SSSR count). The summed E-state index contributed by atoms with van der Waals surface area (Å²) in [6.45, 7) is 3.47. The molecule has 2 heterocycles. The molecule has 11 heteroatoms. The quantitative estimate of drug-likeness (QED) is 0.528. The Kier molecular flexibility index (Phi) is 5.47. The Bertz CT molecular complexity index is 1390. The van der Waals surface area contributed by atoms with E-state index in [4.69, 9.17) is 10.00 Å². The van der Waals surface area contributed by atoms with Gasteiger partial charge >= 0.3 is 6.09 Å². The summed E-state index contributed by atoms with van der Waals surface area (Å²) in [6.07, 6.45) is 1.89. The van der Waals surface area contributed by atoms with E-state index in [0.29, 0.717) is 41.9 Å². The second-order valence-corrected chi connectivity index (χ2v) is 9.67. The van der Waals surface area contributed by atoms with Crippen LogP contribution in [0.1, 0.15) is 43.4 Å². The Labute approximate surface area is 206 Å². The molecule has 0 unspecified atom stereocenters. The molecule has 184 valence electrons. The third kappa shape index (κ3) is 3.94. The monoisotopic (exact) mass is 489 g/mol. The van der Waals surface area contributed by atoms with Crippen LogP contribution in [0.25, 0.3) is 11.4 Å². The van der Waals surface area contributed by atoms with E-state index in [2.05, 4.69) is 32.0 Å². The van der Waals surface area contributed by atoms with Gasteiger partial charge in [-0.25, -0.2) is 13.9 Å². The van der Waals surface area contributed by atoms with Gasteiger partial charge in [0.05, 0.1) is 34.5 Å². The first-order chi connectivity index (χ1) is 17.1. The van der Waals surface area contributed by atoms with Crippen molar-refractivity contribution >= 4 is 23.5 Å². The first kappa shape index (κ1) is 23.4. The molecular formula is C25H24FN7O3. The van der Waals surface area contributed by atoms with Crippen molar-refractivity contribution in [1.82, 2.24) is 20.0 Å². The second-order valence-electron chi connectivity index (χ2n) is 9.67. The SMILES string of the molecule is Cc1ccc(F)cc1[C@@H](C)OC(=O)Nc1c(-c2ccc(NC(=O)C34CC(C#N)(C3)C4)cn2)nnn1C. The minimum Gasteiger partial charge on any atom is -0.441 e. The molecule has 3 aliphatic carbocycles. The zero-order valence-corrected chi connectivity index (χ0v) is 20.0. The third-order valence-electron chi connectivity index (χ3n) is 7.02. The van der Waals surface area contributed by atoms with Crippen molar-refractivity contribution in [3.8, 4) is 17.5 Å². The summed E-state index contributed by atoms with van der Waals surface area (Å²) in [5.41, 5.74) is 1.90. The van der Waals surface area contributed by atoms with Crippen LogP contribution in [0.5, 0.6) is 0 Å². The number of nitrogens with one attached hydrogen (secondary N) is 2. The fraction of sp³-hybridized carbons (Fsp3) is 0.360. The number of ether oxygens (including phenoxy) is 1. The molecule has 3 aliphatic rings. The highest BCUT2D eigenvalue weighted by Crippen LogP contribution is 2.73. The first-order valence-electron chi connectivity index (χ1n) is 11.5. The second kappa shape index (κ2) is 8.41. The number of nitrogens with zero attached hydrogens (tertiary/aromatic N) is 5. The number of amides is 2. The molecule has 0 saturated heterocycles. The lowest BCUT2D eigenvalue weighted by molar-refractivity contribution is -0.179. The normalized spacial score (nSPS) is 22.4. The van der Waals surface area contributed by atoms with Crippen LogP contribution < -0.4 is 10.6 Å². The maximum absolute atomic E-state index is 13.6. The van der Waals surface area contributed by atoms with Gasteiger partial charge in [-0.3, -0.25) is 15.1 Å². The van der Waals surface area contributed by atoms with Crippen LogP contribution in [0.3, 0.4) is 0 Å². The van der Waals surface area contributed by atoms with E-state index in [0.717, 1.165) is 5.56 Å². The molecule has 0 aliphatic heterocycles. The van der Waals surface area contributed by atoms with Crippen LogP contribution in [-0.2, 0) is 16.6 Å². The highest BCUT2D eigenvalue weighted by molar-refractivity contribution is 5.98. The number of hydrogen-bond donors (Lipinski definition) is 2. The Morgan fingerprint density at radius 3 is 2.64 bits per heavy atom. The average Bonchev–Trinajstić information content (AvgIpc) is 3.14. The van der Waals surface area contributed by atoms with E-state index < -0.39 is 23.4 Å². The van der Waals surface area contributed by atoms with E-state index in [-0.39, 0.29) is 17.1 Å². The van der Waals surface area contributed by atoms with Gasteiger partial charge in [0.25, 0.3) is 0 Å². The largest absolute Gasteiger partial charge is 0.441 e. The molecule has 2 bridgehead atoms. The minimum absolute atomic E-state index is 0.0959. The number of halogens is 1. The van der Waals surface area contributed by atoms with Crippen molar-refractivity contribution in [2.75, 3.05) is 10.6 Å². The lowest BCUT2D eigenvalue weighted by Crippen LogP contribution is -2.65. The summed E-state index contributed by atoms with van der Waals surface area (Å²) in [6, 6.07) is 9.96. The van der Waals surface area contributed by atoms with Crippen LogP contribution in [0, 0.1) is 34.9 Å². The highest BCUT2D eigenvalue weighted by Gasteiger charge is 2.72. The number of aromatic nitrogens is 4. The first-order valence-corrected chi connectivity index (χ1v) is 11.5. The number of anilines is 2. The van der Waals surface area contributed by atoms with Gasteiger partial charge in [-0.2, -0.15) is 5.26 Å². The van der Waals surface area contributed by atoms with Crippen LogP contribution in [0.4, 0.5) is 20.7 Å². The van der Waals surface area contributed by atoms with Crippen molar-refractivity contribution in [1.29, 1.82) is 5.26 Å². The van der Waals surface area contributed by atoms with E-state index >= 15 is 0 Å². The smallest absolute Gasteiger partial charge is 0.413 e. The lowest BCUT2D eigenvalue weighted by Gasteiger charge is -2.65. The van der Waals surface area contributed by atoms with Crippen molar-refractivity contribution in [2.24, 2.45) is 17.9 Å². The van der Waals surface area contributed by atoms with Gasteiger partial charge in [0.2, 0.25) is 5.91 Å². The van der Waals surface area contributed by atoms with Gasteiger partial charge in [0, 0.05) is 7.05 Å². The van der Waals surface area contributed by atoms with Crippen LogP contribution in [0.15, 0.2) is 36.5 Å². The molecule has 2 amide bonds. The van der Waals surface area contributed by atoms with Gasteiger partial charge in [0.1, 0.15) is 11.9 Å². The number of rotatable bonds is 6. The highest BCUT2D eigenvalue weighted by atomic mass is 19.1. The standard InChI is InChI=1S/C25H24FN7O3/c1-14-4-5-16(26)8-18(14)15(2)36-23(35)30-21-20(31-32-33(21)3)19-7-6-17(9-28-19)29-22(34)25-10-24(11-25,12-25)13-27/h4-9,15H,10-12H2,1-3H3,(H,29,34)(H,30,35)/t15-,24?,25?/m1/s1. The zero-order valence-electron chi connectivity index (χ0n) is 20.0. The molecule has 2 N–H and O–H groups in total. The molecule has 2 aromatic heterocycles. The molecule has 3 fully saturated rings. The number of benzene rings is 1. The van der Waals surface area contributed by atoms with Gasteiger partial charge < -0.3 is 10.1 Å². The predicted octanol–water partition coefficient (Wildman–Crippen LogP) is 4.27. The Balaban J connectivity index is 1.25. The van der Waals surface area contributed by atoms with Gasteiger partial charge in [-0.1, -0.05) is 11.3 Å². The Morgan fingerprint density at radius 2 is 1.97 bits per heavy atom. The maximum Gasteiger partial charge on any atom is 0.413 e. The summed E-state index contributed by atoms with van der Waals surface area (Å²) < 4.78 is 20.5. The Morgan fingerprint density at radius 1 is 1.22 bits per heavy atom. The fourth-order valence-electron chi connectivity index (χ4n) is 5.09. The average molecular weight is 490 g/mol. The van der Waals surface area contributed by atoms with Gasteiger partial charge in [0.15, 0.2) is 11.5 Å². The number of hydrogen-bond acceptors (Lipinski definition) is 7. The van der Waals surface area contributed by atoms with E-state index in [1.807, 2.05) is 6.92 Å². The maximum atomic E-state index is 13.6. The molecule has 10 nitrogen and oxygen atoms in total. The van der Waals surface area contributed by atoms with Crippen molar-refractivity contribution in [3.63, 3.8) is 0 Å². The molecule has 3 aromatic rings. The number of aryl methyl sites for hydroxylation is 2. The van der Waals surface area contributed by atoms with E-state index in [1.54, 1.807) is 32.2 Å². The molecule has 3 saturated carbocycles. The minimum atomic E-state index is -0.754. The summed E-state index contributed by atoms with van der Waals surface area (Å²) in [5, 5.41) is 22.7. The van der Waals surface area contributed by atoms with Crippen molar-refractivity contribution in [2.45, 2.75) is 39.2 Å². The molecule has 0 radical (unpaired) electrons. The lowest BCUT2D eigenvalue weighted by atomic mass is 9.35. The topological polar surface area (TPSA) is 135 Å². The number of carbonyl (C=O) groups excluding carboxylic acids is 2. The third-order valence-corrected chi connectivity index (χ3v) is 7.02. The number of carbonyl (C=O) groups is 2. The molecular weight excluding hydrogens is 465 g/mol. The van der Waals surface area contributed by atoms with Gasteiger partial charge in [-0.05, 0) is 68.5 Å². The number of nitriles is 1. The van der Waals surface area contributed by atoms with Crippen LogP contribution >= 0.6 is 0 Å². The molecule has 36 heavy (non-hydrogen) atoms. The Hall–Kier alpha value is -4.33. The van der Waals surface area contributed by atoms with Crippen LogP contribution in [-0.4, -0.2) is 32.0 Å². The molecule has 1 aromatic carbocycles. The van der Waals surface area contributed by atoms with Gasteiger partial charge in [-0.15, -0.1) is 5.10 Å². The predicted molar refractivity (Wildman–Crippen MR) is 127 cm³/mol. The fourth-order valence-corrected chi connectivity index (χ4v) is 5.09. The van der Waals surface area contributed by atoms with Crippen molar-refractivity contribution < 1.29 is 18.7 Å². The summed E-state index contributed by atoms with van der Waals surface area (Å²) in [4.78, 5) is 29.6. The zero-order chi connectivity index (χ0) is 25.7. The molecule has 1 atom stereocenters. The molecule has 0 spiro atoms. The summed E-state index contributed by atoms with van der Waals surface area (Å²) in [5.74, 6) is -0.241.